The molecule has 0 saturated carbocycles. The van der Waals surface area contributed by atoms with E-state index in [9.17, 15) is 0 Å². The predicted octanol–water partition coefficient (Wildman–Crippen LogP) is 4.97. The molecule has 6 heteroatoms. The normalized spacial score (nSPS) is 15.3. The van der Waals surface area contributed by atoms with Gasteiger partial charge in [0.2, 0.25) is 5.89 Å². The first kappa shape index (κ1) is 18.3. The molecule has 5 rings (SSSR count). The van der Waals surface area contributed by atoms with Crippen molar-refractivity contribution in [1.82, 2.24) is 9.88 Å². The van der Waals surface area contributed by atoms with Crippen LogP contribution in [0.5, 0.6) is 5.75 Å². The fraction of sp³-hybridized carbons (Fsp3) is 0.261. The van der Waals surface area contributed by atoms with Crippen molar-refractivity contribution in [2.45, 2.75) is 6.61 Å². The number of fused-ring (bicyclic) bond motifs is 2. The van der Waals surface area contributed by atoms with Crippen molar-refractivity contribution >= 4 is 39.2 Å². The number of benzene rings is 3. The fourth-order valence-corrected chi connectivity index (χ4v) is 3.97. The van der Waals surface area contributed by atoms with Gasteiger partial charge in [0.15, 0.2) is 12.2 Å². The number of hydrogen-bond donors (Lipinski definition) is 0. The summed E-state index contributed by atoms with van der Waals surface area (Å²) in [4.78, 5) is 9.28. The third-order valence-corrected chi connectivity index (χ3v) is 5.67. The molecular formula is C23H22ClN3O2. The number of piperazine rings is 1. The minimum absolute atomic E-state index is 0.272. The number of oxazole rings is 1. The van der Waals surface area contributed by atoms with Gasteiger partial charge in [0.1, 0.15) is 11.3 Å². The second-order valence-corrected chi connectivity index (χ2v) is 7.90. The van der Waals surface area contributed by atoms with Gasteiger partial charge in [0, 0.05) is 42.3 Å². The largest absolute Gasteiger partial charge is 0.484 e. The lowest BCUT2D eigenvalue weighted by Gasteiger charge is -2.34. The Bertz CT molecular complexity index is 1170. The topological polar surface area (TPSA) is 41.7 Å². The Hall–Kier alpha value is -2.76. The molecule has 29 heavy (non-hydrogen) atoms. The van der Waals surface area contributed by atoms with E-state index in [1.807, 2.05) is 12.1 Å². The summed E-state index contributed by atoms with van der Waals surface area (Å²) in [5.41, 5.74) is 2.72. The molecule has 148 valence electrons. The molecule has 0 radical (unpaired) electrons. The van der Waals surface area contributed by atoms with Crippen LogP contribution in [0.3, 0.4) is 0 Å². The third kappa shape index (κ3) is 3.76. The first-order valence-corrected chi connectivity index (χ1v) is 10.2. The molecule has 1 saturated heterocycles. The van der Waals surface area contributed by atoms with Crippen LogP contribution < -0.4 is 9.64 Å². The molecule has 1 aliphatic rings. The molecule has 0 N–H and O–H groups in total. The molecule has 0 atom stereocenters. The Labute approximate surface area is 174 Å². The van der Waals surface area contributed by atoms with E-state index < -0.39 is 0 Å². The SMILES string of the molecule is CN1CCN(c2cccc3ccc(OCc4nc5cc(Cl)ccc5o4)cc23)CC1. The number of rotatable bonds is 4. The number of hydrogen-bond acceptors (Lipinski definition) is 5. The van der Waals surface area contributed by atoms with Gasteiger partial charge in [-0.2, -0.15) is 0 Å². The molecule has 1 fully saturated rings. The van der Waals surface area contributed by atoms with Crippen molar-refractivity contribution in [3.63, 3.8) is 0 Å². The third-order valence-electron chi connectivity index (χ3n) is 5.43. The van der Waals surface area contributed by atoms with Gasteiger partial charge in [-0.1, -0.05) is 29.8 Å². The number of ether oxygens (including phenoxy) is 1. The Morgan fingerprint density at radius 1 is 1.03 bits per heavy atom. The lowest BCUT2D eigenvalue weighted by atomic mass is 10.1. The van der Waals surface area contributed by atoms with Gasteiger partial charge in [-0.3, -0.25) is 0 Å². The molecule has 0 bridgehead atoms. The van der Waals surface area contributed by atoms with E-state index in [1.165, 1.54) is 16.5 Å². The zero-order valence-corrected chi connectivity index (χ0v) is 17.0. The molecule has 2 heterocycles. The number of aromatic nitrogens is 1. The van der Waals surface area contributed by atoms with Crippen molar-refractivity contribution in [3.8, 4) is 5.75 Å². The second-order valence-electron chi connectivity index (χ2n) is 7.46. The maximum Gasteiger partial charge on any atom is 0.233 e. The lowest BCUT2D eigenvalue weighted by Crippen LogP contribution is -2.44. The maximum atomic E-state index is 6.02. The van der Waals surface area contributed by atoms with Gasteiger partial charge < -0.3 is 19.0 Å². The first-order chi connectivity index (χ1) is 14.2. The zero-order valence-electron chi connectivity index (χ0n) is 16.3. The molecule has 0 spiro atoms. The summed E-state index contributed by atoms with van der Waals surface area (Å²) in [6.45, 7) is 4.50. The van der Waals surface area contributed by atoms with Crippen LogP contribution in [0.25, 0.3) is 21.9 Å². The summed E-state index contributed by atoms with van der Waals surface area (Å²) in [5.74, 6) is 1.34. The highest BCUT2D eigenvalue weighted by Crippen LogP contribution is 2.31. The van der Waals surface area contributed by atoms with E-state index in [0.717, 1.165) is 37.4 Å². The van der Waals surface area contributed by atoms with Gasteiger partial charge in [-0.15, -0.1) is 0 Å². The quantitative estimate of drug-likeness (QED) is 0.478. The summed E-state index contributed by atoms with van der Waals surface area (Å²) in [6, 6.07) is 18.1. The molecule has 1 aliphatic heterocycles. The van der Waals surface area contributed by atoms with Gasteiger partial charge in [0.05, 0.1) is 0 Å². The minimum atomic E-state index is 0.272. The fourth-order valence-electron chi connectivity index (χ4n) is 3.80. The van der Waals surface area contributed by atoms with E-state index in [4.69, 9.17) is 20.8 Å². The predicted molar refractivity (Wildman–Crippen MR) is 117 cm³/mol. The molecule has 0 unspecified atom stereocenters. The molecule has 1 aromatic heterocycles. The van der Waals surface area contributed by atoms with Gasteiger partial charge >= 0.3 is 0 Å². The number of likely N-dealkylation sites (N-methyl/N-ethyl adjacent to an activating group) is 1. The molecule has 5 nitrogen and oxygen atoms in total. The van der Waals surface area contributed by atoms with Crippen LogP contribution in [-0.2, 0) is 6.61 Å². The average molecular weight is 408 g/mol. The summed E-state index contributed by atoms with van der Waals surface area (Å²) in [7, 11) is 2.17. The van der Waals surface area contributed by atoms with Crippen LogP contribution in [0.4, 0.5) is 5.69 Å². The highest BCUT2D eigenvalue weighted by atomic mass is 35.5. The molecular weight excluding hydrogens is 386 g/mol. The van der Waals surface area contributed by atoms with Crippen LogP contribution in [0.15, 0.2) is 59.0 Å². The Morgan fingerprint density at radius 3 is 2.76 bits per heavy atom. The van der Waals surface area contributed by atoms with Gasteiger partial charge in [-0.05, 0) is 48.8 Å². The van der Waals surface area contributed by atoms with E-state index in [1.54, 1.807) is 12.1 Å². The number of anilines is 1. The van der Waals surface area contributed by atoms with E-state index in [2.05, 4.69) is 52.2 Å². The zero-order chi connectivity index (χ0) is 19.8. The summed E-state index contributed by atoms with van der Waals surface area (Å²) in [6.07, 6.45) is 0. The number of halogens is 1. The molecule has 0 aliphatic carbocycles. The second kappa shape index (κ2) is 7.58. The molecule has 4 aromatic rings. The van der Waals surface area contributed by atoms with Crippen LogP contribution in [0, 0.1) is 0 Å². The van der Waals surface area contributed by atoms with Crippen molar-refractivity contribution in [3.05, 3.63) is 65.5 Å². The van der Waals surface area contributed by atoms with E-state index >= 15 is 0 Å². The first-order valence-electron chi connectivity index (χ1n) is 9.80. The van der Waals surface area contributed by atoms with Crippen LogP contribution >= 0.6 is 11.6 Å². The van der Waals surface area contributed by atoms with Gasteiger partial charge in [-0.25, -0.2) is 4.98 Å². The summed E-state index contributed by atoms with van der Waals surface area (Å²) >= 11 is 6.02. The molecule has 3 aromatic carbocycles. The lowest BCUT2D eigenvalue weighted by molar-refractivity contribution is 0.267. The average Bonchev–Trinajstić information content (AvgIpc) is 3.14. The van der Waals surface area contributed by atoms with E-state index in [0.29, 0.717) is 16.5 Å². The van der Waals surface area contributed by atoms with Crippen molar-refractivity contribution in [2.75, 3.05) is 38.1 Å². The van der Waals surface area contributed by atoms with Crippen molar-refractivity contribution in [1.29, 1.82) is 0 Å². The maximum absolute atomic E-state index is 6.02. The monoisotopic (exact) mass is 407 g/mol. The van der Waals surface area contributed by atoms with Crippen LogP contribution in [-0.4, -0.2) is 43.1 Å². The standard InChI is InChI=1S/C23H22ClN3O2/c1-26-9-11-27(12-10-26)21-4-2-3-16-5-7-18(14-19(16)21)28-15-23-25-20-13-17(24)6-8-22(20)29-23/h2-8,13-14H,9-12,15H2,1H3. The van der Waals surface area contributed by atoms with Crippen LogP contribution in [0.2, 0.25) is 5.02 Å². The highest BCUT2D eigenvalue weighted by Gasteiger charge is 2.16. The summed E-state index contributed by atoms with van der Waals surface area (Å²) < 4.78 is 11.8. The van der Waals surface area contributed by atoms with Crippen molar-refractivity contribution in [2.24, 2.45) is 0 Å². The Balaban J connectivity index is 1.39. The van der Waals surface area contributed by atoms with Crippen molar-refractivity contribution < 1.29 is 9.15 Å². The van der Waals surface area contributed by atoms with Crippen LogP contribution in [0.1, 0.15) is 5.89 Å². The Kier molecular flexibility index (Phi) is 4.78. The minimum Gasteiger partial charge on any atom is -0.484 e. The highest BCUT2D eigenvalue weighted by molar-refractivity contribution is 6.31. The van der Waals surface area contributed by atoms with Gasteiger partial charge in [0.25, 0.3) is 0 Å². The molecule has 0 amide bonds. The number of nitrogens with zero attached hydrogens (tertiary/aromatic N) is 3. The summed E-state index contributed by atoms with van der Waals surface area (Å²) in [5, 5.41) is 3.06. The Morgan fingerprint density at radius 2 is 1.90 bits per heavy atom. The van der Waals surface area contributed by atoms with E-state index in [-0.39, 0.29) is 6.61 Å². The smallest absolute Gasteiger partial charge is 0.233 e.